The van der Waals surface area contributed by atoms with Gasteiger partial charge in [0.15, 0.2) is 0 Å². The number of methoxy groups -OCH3 is 1. The summed E-state index contributed by atoms with van der Waals surface area (Å²) in [6.07, 6.45) is 3.45. The van der Waals surface area contributed by atoms with Crippen molar-refractivity contribution < 1.29 is 18.6 Å². The Labute approximate surface area is 111 Å². The molecule has 0 spiro atoms. The van der Waals surface area contributed by atoms with E-state index in [-0.39, 0.29) is 17.2 Å². The lowest BCUT2D eigenvalue weighted by Gasteiger charge is -2.14. The third-order valence-electron chi connectivity index (χ3n) is 4.67. The van der Waals surface area contributed by atoms with Crippen LogP contribution in [0.2, 0.25) is 0 Å². The van der Waals surface area contributed by atoms with Crippen molar-refractivity contribution in [3.8, 4) is 5.75 Å². The van der Waals surface area contributed by atoms with Crippen LogP contribution in [-0.2, 0) is 0 Å². The van der Waals surface area contributed by atoms with Crippen LogP contribution < -0.4 is 4.74 Å². The van der Waals surface area contributed by atoms with Crippen LogP contribution in [0.1, 0.15) is 37.4 Å². The highest BCUT2D eigenvalue weighted by molar-refractivity contribution is 5.33. The number of ether oxygens (including phenoxy) is 1. The third kappa shape index (κ3) is 2.12. The largest absolute Gasteiger partial charge is 0.497 e. The smallest absolute Gasteiger partial charge is 0.135 e. The second-order valence-corrected chi connectivity index (χ2v) is 5.64. The molecular weight excluding hydrogens is 250 g/mol. The minimum absolute atomic E-state index is 0.0277. The molecule has 2 saturated carbocycles. The molecule has 0 amide bonds. The topological polar surface area (TPSA) is 29.5 Å². The maximum Gasteiger partial charge on any atom is 0.135 e. The molecule has 0 radical (unpaired) electrons. The standard InChI is InChI=1S/C15H18F2O2/c1-19-8-6-11(16)14(12(17)7-8)15(18)13-9-4-2-3-5-10(9)13/h6-7,9-10,13,15,18H,2-5H2,1H3. The highest BCUT2D eigenvalue weighted by Crippen LogP contribution is 2.60. The van der Waals surface area contributed by atoms with Crippen LogP contribution in [0.3, 0.4) is 0 Å². The van der Waals surface area contributed by atoms with Gasteiger partial charge in [0.2, 0.25) is 0 Å². The molecule has 0 heterocycles. The minimum Gasteiger partial charge on any atom is -0.497 e. The van der Waals surface area contributed by atoms with Crippen molar-refractivity contribution >= 4 is 0 Å². The van der Waals surface area contributed by atoms with Crippen LogP contribution in [0.4, 0.5) is 8.78 Å². The van der Waals surface area contributed by atoms with Gasteiger partial charge in [-0.15, -0.1) is 0 Å². The first-order chi connectivity index (χ1) is 9.13. The zero-order chi connectivity index (χ0) is 13.6. The highest BCUT2D eigenvalue weighted by atomic mass is 19.1. The maximum absolute atomic E-state index is 13.9. The van der Waals surface area contributed by atoms with Gasteiger partial charge in [-0.25, -0.2) is 8.78 Å². The zero-order valence-corrected chi connectivity index (χ0v) is 10.9. The van der Waals surface area contributed by atoms with E-state index in [1.807, 2.05) is 0 Å². The monoisotopic (exact) mass is 268 g/mol. The van der Waals surface area contributed by atoms with E-state index < -0.39 is 17.7 Å². The molecular formula is C15H18F2O2. The lowest BCUT2D eigenvalue weighted by atomic mass is 10.0. The Hall–Kier alpha value is -1.16. The average Bonchev–Trinajstić information content (AvgIpc) is 3.11. The zero-order valence-electron chi connectivity index (χ0n) is 10.9. The molecule has 1 N–H and O–H groups in total. The van der Waals surface area contributed by atoms with Gasteiger partial charge in [0.1, 0.15) is 17.4 Å². The van der Waals surface area contributed by atoms with Crippen LogP contribution in [0, 0.1) is 29.4 Å². The normalized spacial score (nSPS) is 30.6. The van der Waals surface area contributed by atoms with Crippen LogP contribution >= 0.6 is 0 Å². The van der Waals surface area contributed by atoms with Crippen LogP contribution in [-0.4, -0.2) is 12.2 Å². The van der Waals surface area contributed by atoms with E-state index in [4.69, 9.17) is 4.74 Å². The van der Waals surface area contributed by atoms with Gasteiger partial charge in [-0.2, -0.15) is 0 Å². The summed E-state index contributed by atoms with van der Waals surface area (Å²) in [7, 11) is 1.36. The molecule has 0 aromatic heterocycles. The number of hydrogen-bond acceptors (Lipinski definition) is 2. The molecule has 2 fully saturated rings. The van der Waals surface area contributed by atoms with E-state index in [0.717, 1.165) is 37.8 Å². The number of halogens is 2. The van der Waals surface area contributed by atoms with Gasteiger partial charge in [0, 0.05) is 12.1 Å². The molecule has 104 valence electrons. The quantitative estimate of drug-likeness (QED) is 0.910. The molecule has 2 aliphatic rings. The Kier molecular flexibility index (Phi) is 3.21. The van der Waals surface area contributed by atoms with Crippen molar-refractivity contribution in [2.24, 2.45) is 17.8 Å². The fraction of sp³-hybridized carbons (Fsp3) is 0.600. The molecule has 1 aromatic rings. The Bertz CT molecular complexity index is 454. The highest BCUT2D eigenvalue weighted by Gasteiger charge is 2.55. The Morgan fingerprint density at radius 3 is 2.16 bits per heavy atom. The van der Waals surface area contributed by atoms with Crippen molar-refractivity contribution in [2.75, 3.05) is 7.11 Å². The van der Waals surface area contributed by atoms with Crippen LogP contribution in [0.5, 0.6) is 5.75 Å². The van der Waals surface area contributed by atoms with Gasteiger partial charge in [-0.3, -0.25) is 0 Å². The van der Waals surface area contributed by atoms with Gasteiger partial charge in [-0.05, 0) is 30.6 Å². The second kappa shape index (κ2) is 4.75. The number of aliphatic hydroxyl groups excluding tert-OH is 1. The van der Waals surface area contributed by atoms with Crippen molar-refractivity contribution in [2.45, 2.75) is 31.8 Å². The number of benzene rings is 1. The Morgan fingerprint density at radius 2 is 1.68 bits per heavy atom. The fourth-order valence-electron chi connectivity index (χ4n) is 3.67. The molecule has 19 heavy (non-hydrogen) atoms. The minimum atomic E-state index is -1.03. The number of fused-ring (bicyclic) bond motifs is 1. The van der Waals surface area contributed by atoms with Gasteiger partial charge < -0.3 is 9.84 Å². The lowest BCUT2D eigenvalue weighted by Crippen LogP contribution is -2.08. The van der Waals surface area contributed by atoms with E-state index in [0.29, 0.717) is 11.8 Å². The number of hydrogen-bond donors (Lipinski definition) is 1. The van der Waals surface area contributed by atoms with Crippen LogP contribution in [0.15, 0.2) is 12.1 Å². The van der Waals surface area contributed by atoms with Crippen molar-refractivity contribution in [3.05, 3.63) is 29.3 Å². The van der Waals surface area contributed by atoms with E-state index in [1.54, 1.807) is 0 Å². The maximum atomic E-state index is 13.9. The Balaban J connectivity index is 1.86. The summed E-state index contributed by atoms with van der Waals surface area (Å²) in [5.74, 6) is -0.366. The summed E-state index contributed by atoms with van der Waals surface area (Å²) in [6, 6.07) is 2.27. The summed E-state index contributed by atoms with van der Waals surface area (Å²) in [5, 5.41) is 10.3. The Morgan fingerprint density at radius 1 is 1.16 bits per heavy atom. The average molecular weight is 268 g/mol. The molecule has 2 nitrogen and oxygen atoms in total. The van der Waals surface area contributed by atoms with Crippen LogP contribution in [0.25, 0.3) is 0 Å². The first kappa shape index (κ1) is 12.9. The van der Waals surface area contributed by atoms with Crippen molar-refractivity contribution in [1.29, 1.82) is 0 Å². The van der Waals surface area contributed by atoms with Crippen molar-refractivity contribution in [1.82, 2.24) is 0 Å². The summed E-state index contributed by atoms with van der Waals surface area (Å²) in [4.78, 5) is 0. The first-order valence-electron chi connectivity index (χ1n) is 6.84. The van der Waals surface area contributed by atoms with E-state index >= 15 is 0 Å². The molecule has 3 atom stereocenters. The molecule has 0 saturated heterocycles. The fourth-order valence-corrected chi connectivity index (χ4v) is 3.67. The van der Waals surface area contributed by atoms with Gasteiger partial charge in [0.25, 0.3) is 0 Å². The number of rotatable bonds is 3. The predicted octanol–water partition coefficient (Wildman–Crippen LogP) is 3.44. The summed E-state index contributed by atoms with van der Waals surface area (Å²) in [5.41, 5.74) is -0.194. The number of aliphatic hydroxyl groups is 1. The molecule has 2 aliphatic carbocycles. The third-order valence-corrected chi connectivity index (χ3v) is 4.67. The second-order valence-electron chi connectivity index (χ2n) is 5.64. The molecule has 4 heteroatoms. The van der Waals surface area contributed by atoms with Gasteiger partial charge in [-0.1, -0.05) is 12.8 Å². The molecule has 0 bridgehead atoms. The van der Waals surface area contributed by atoms with Crippen molar-refractivity contribution in [3.63, 3.8) is 0 Å². The summed E-state index contributed by atoms with van der Waals surface area (Å²) < 4.78 is 32.7. The van der Waals surface area contributed by atoms with E-state index in [9.17, 15) is 13.9 Å². The molecule has 0 aliphatic heterocycles. The summed E-state index contributed by atoms with van der Waals surface area (Å²) >= 11 is 0. The predicted molar refractivity (Wildman–Crippen MR) is 66.8 cm³/mol. The van der Waals surface area contributed by atoms with E-state index in [1.165, 1.54) is 7.11 Å². The summed E-state index contributed by atoms with van der Waals surface area (Å²) in [6.45, 7) is 0. The van der Waals surface area contributed by atoms with E-state index in [2.05, 4.69) is 0 Å². The SMILES string of the molecule is COc1cc(F)c(C(O)C2C3CCCCC32)c(F)c1. The molecule has 1 aromatic carbocycles. The molecule has 3 unspecified atom stereocenters. The van der Waals surface area contributed by atoms with Gasteiger partial charge in [0.05, 0.1) is 18.8 Å². The first-order valence-corrected chi connectivity index (χ1v) is 6.84. The lowest BCUT2D eigenvalue weighted by molar-refractivity contribution is 0.133. The van der Waals surface area contributed by atoms with Gasteiger partial charge >= 0.3 is 0 Å². The molecule has 3 rings (SSSR count).